The minimum atomic E-state index is -0.211. The van der Waals surface area contributed by atoms with E-state index in [9.17, 15) is 4.79 Å². The summed E-state index contributed by atoms with van der Waals surface area (Å²) >= 11 is 3.44. The molecule has 1 aromatic heterocycles. The second-order valence-electron chi connectivity index (χ2n) is 7.85. The molecular weight excluding hydrogens is 466 g/mol. The van der Waals surface area contributed by atoms with E-state index in [1.807, 2.05) is 54.3 Å². The topological polar surface area (TPSA) is 57.4 Å². The molecule has 0 saturated carbocycles. The molecule has 1 unspecified atom stereocenters. The number of carbonyl (C=O) groups excluding carboxylic acids is 1. The van der Waals surface area contributed by atoms with Gasteiger partial charge in [0.05, 0.1) is 12.6 Å². The number of urea groups is 1. The minimum Gasteiger partial charge on any atom is -0.494 e. The smallest absolute Gasteiger partial charge is 0.322 e. The van der Waals surface area contributed by atoms with Crippen LogP contribution in [0.5, 0.6) is 5.75 Å². The SMILES string of the molecule is CCOc1ccc(C2c3[nH]c4ccccc4c3CCN2C(=O)Nc2ccc(Br)cc2)cc1. The highest BCUT2D eigenvalue weighted by molar-refractivity contribution is 9.10. The fourth-order valence-corrected chi connectivity index (χ4v) is 4.71. The molecule has 32 heavy (non-hydrogen) atoms. The number of aromatic nitrogens is 1. The number of hydrogen-bond acceptors (Lipinski definition) is 2. The maximum Gasteiger partial charge on any atom is 0.322 e. The van der Waals surface area contributed by atoms with E-state index < -0.39 is 0 Å². The summed E-state index contributed by atoms with van der Waals surface area (Å²) in [6.07, 6.45) is 0.806. The highest BCUT2D eigenvalue weighted by atomic mass is 79.9. The number of amides is 2. The third kappa shape index (κ3) is 3.86. The molecule has 0 bridgehead atoms. The molecule has 2 N–H and O–H groups in total. The van der Waals surface area contributed by atoms with Crippen molar-refractivity contribution in [2.75, 3.05) is 18.5 Å². The summed E-state index contributed by atoms with van der Waals surface area (Å²) in [7, 11) is 0. The molecule has 2 heterocycles. The molecule has 5 nitrogen and oxygen atoms in total. The average Bonchev–Trinajstić information content (AvgIpc) is 3.19. The summed E-state index contributed by atoms with van der Waals surface area (Å²) in [5.74, 6) is 0.829. The van der Waals surface area contributed by atoms with Crippen LogP contribution in [0.15, 0.2) is 77.3 Å². The van der Waals surface area contributed by atoms with Crippen molar-refractivity contribution in [3.8, 4) is 5.75 Å². The van der Waals surface area contributed by atoms with Crippen molar-refractivity contribution in [2.24, 2.45) is 0 Å². The molecule has 0 saturated heterocycles. The highest BCUT2D eigenvalue weighted by Gasteiger charge is 2.34. The molecule has 1 aliphatic heterocycles. The van der Waals surface area contributed by atoms with Gasteiger partial charge in [-0.3, -0.25) is 0 Å². The van der Waals surface area contributed by atoms with Gasteiger partial charge in [0.2, 0.25) is 0 Å². The largest absolute Gasteiger partial charge is 0.494 e. The second kappa shape index (κ2) is 8.71. The van der Waals surface area contributed by atoms with Crippen molar-refractivity contribution in [1.29, 1.82) is 0 Å². The maximum atomic E-state index is 13.4. The number of carbonyl (C=O) groups is 1. The Morgan fingerprint density at radius 3 is 2.59 bits per heavy atom. The van der Waals surface area contributed by atoms with Gasteiger partial charge >= 0.3 is 6.03 Å². The Morgan fingerprint density at radius 2 is 1.84 bits per heavy atom. The van der Waals surface area contributed by atoms with Crippen molar-refractivity contribution in [3.05, 3.63) is 94.1 Å². The van der Waals surface area contributed by atoms with Gasteiger partial charge in [-0.15, -0.1) is 0 Å². The van der Waals surface area contributed by atoms with Crippen LogP contribution < -0.4 is 10.1 Å². The summed E-state index contributed by atoms with van der Waals surface area (Å²) in [6, 6.07) is 23.7. The van der Waals surface area contributed by atoms with Gasteiger partial charge in [-0.1, -0.05) is 46.3 Å². The molecular formula is C26H24BrN3O2. The van der Waals surface area contributed by atoms with E-state index >= 15 is 0 Å². The first-order valence-electron chi connectivity index (χ1n) is 10.8. The van der Waals surface area contributed by atoms with E-state index in [0.717, 1.165) is 39.1 Å². The van der Waals surface area contributed by atoms with Crippen molar-refractivity contribution >= 4 is 38.6 Å². The number of nitrogens with zero attached hydrogens (tertiary/aromatic N) is 1. The summed E-state index contributed by atoms with van der Waals surface area (Å²) in [6.45, 7) is 3.23. The number of ether oxygens (including phenoxy) is 1. The molecule has 6 heteroatoms. The van der Waals surface area contributed by atoms with Gasteiger partial charge < -0.3 is 19.9 Å². The quantitative estimate of drug-likeness (QED) is 0.343. The first-order valence-corrected chi connectivity index (χ1v) is 11.6. The number of fused-ring (bicyclic) bond motifs is 3. The van der Waals surface area contributed by atoms with Crippen molar-refractivity contribution in [3.63, 3.8) is 0 Å². The van der Waals surface area contributed by atoms with Crippen LogP contribution in [0.25, 0.3) is 10.9 Å². The van der Waals surface area contributed by atoms with Crippen LogP contribution in [-0.4, -0.2) is 29.1 Å². The summed E-state index contributed by atoms with van der Waals surface area (Å²) in [5, 5.41) is 4.29. The third-order valence-electron chi connectivity index (χ3n) is 5.90. The van der Waals surface area contributed by atoms with Crippen LogP contribution >= 0.6 is 15.9 Å². The van der Waals surface area contributed by atoms with Gasteiger partial charge in [0.15, 0.2) is 0 Å². The predicted molar refractivity (Wildman–Crippen MR) is 131 cm³/mol. The number of H-pyrrole nitrogens is 1. The summed E-state index contributed by atoms with van der Waals surface area (Å²) in [4.78, 5) is 18.9. The number of anilines is 1. The summed E-state index contributed by atoms with van der Waals surface area (Å²) < 4.78 is 6.60. The lowest BCUT2D eigenvalue weighted by atomic mass is 9.92. The van der Waals surface area contributed by atoms with Crippen molar-refractivity contribution in [2.45, 2.75) is 19.4 Å². The number of para-hydroxylation sites is 1. The number of rotatable bonds is 4. The zero-order chi connectivity index (χ0) is 22.1. The summed E-state index contributed by atoms with van der Waals surface area (Å²) in [5.41, 5.74) is 5.28. The monoisotopic (exact) mass is 489 g/mol. The molecule has 1 aliphatic rings. The van der Waals surface area contributed by atoms with Gasteiger partial charge in [-0.25, -0.2) is 4.79 Å². The van der Waals surface area contributed by atoms with Crippen LogP contribution in [0.4, 0.5) is 10.5 Å². The van der Waals surface area contributed by atoms with E-state index in [2.05, 4.69) is 56.6 Å². The molecule has 162 valence electrons. The van der Waals surface area contributed by atoms with Gasteiger partial charge in [0, 0.05) is 33.3 Å². The third-order valence-corrected chi connectivity index (χ3v) is 6.43. The molecule has 0 fully saturated rings. The Labute approximate surface area is 195 Å². The molecule has 2 amide bonds. The zero-order valence-corrected chi connectivity index (χ0v) is 19.4. The number of aromatic amines is 1. The Kier molecular flexibility index (Phi) is 5.62. The second-order valence-corrected chi connectivity index (χ2v) is 8.76. The standard InChI is InChI=1S/C26H24BrN3O2/c1-2-32-20-13-7-17(8-14-20)25-24-22(21-5-3-4-6-23(21)29-24)15-16-30(25)26(31)28-19-11-9-18(27)10-12-19/h3-14,25,29H,2,15-16H2,1H3,(H,28,31). The van der Waals surface area contributed by atoms with Crippen LogP contribution in [0.1, 0.15) is 29.8 Å². The zero-order valence-electron chi connectivity index (χ0n) is 17.8. The lowest BCUT2D eigenvalue weighted by Gasteiger charge is -2.36. The lowest BCUT2D eigenvalue weighted by molar-refractivity contribution is 0.193. The molecule has 1 atom stereocenters. The molecule has 4 aromatic rings. The number of benzene rings is 3. The average molecular weight is 490 g/mol. The van der Waals surface area contributed by atoms with E-state index in [1.165, 1.54) is 10.9 Å². The van der Waals surface area contributed by atoms with Gasteiger partial charge in [0.1, 0.15) is 5.75 Å². The van der Waals surface area contributed by atoms with Gasteiger partial charge in [-0.2, -0.15) is 0 Å². The van der Waals surface area contributed by atoms with Crippen molar-refractivity contribution in [1.82, 2.24) is 9.88 Å². The van der Waals surface area contributed by atoms with E-state index in [-0.39, 0.29) is 12.1 Å². The van der Waals surface area contributed by atoms with Gasteiger partial charge in [-0.05, 0) is 66.9 Å². The van der Waals surface area contributed by atoms with Crippen LogP contribution in [0.3, 0.4) is 0 Å². The first kappa shape index (κ1) is 20.6. The molecule has 0 radical (unpaired) electrons. The van der Waals surface area contributed by atoms with E-state index in [0.29, 0.717) is 13.2 Å². The Bertz CT molecular complexity index is 1250. The normalized spacial score (nSPS) is 15.4. The fraction of sp³-hybridized carbons (Fsp3) is 0.192. The van der Waals surface area contributed by atoms with E-state index in [1.54, 1.807) is 0 Å². The fourth-order valence-electron chi connectivity index (χ4n) is 4.45. The highest BCUT2D eigenvalue weighted by Crippen LogP contribution is 2.39. The van der Waals surface area contributed by atoms with E-state index in [4.69, 9.17) is 4.74 Å². The maximum absolute atomic E-state index is 13.4. The Balaban J connectivity index is 1.54. The lowest BCUT2D eigenvalue weighted by Crippen LogP contribution is -2.43. The van der Waals surface area contributed by atoms with Crippen LogP contribution in [0, 0.1) is 0 Å². The van der Waals surface area contributed by atoms with Gasteiger partial charge in [0.25, 0.3) is 0 Å². The number of nitrogens with one attached hydrogen (secondary N) is 2. The molecule has 0 aliphatic carbocycles. The number of hydrogen-bond donors (Lipinski definition) is 2. The first-order chi connectivity index (χ1) is 15.6. The predicted octanol–water partition coefficient (Wildman–Crippen LogP) is 6.51. The van der Waals surface area contributed by atoms with Crippen LogP contribution in [0.2, 0.25) is 0 Å². The molecule has 3 aromatic carbocycles. The molecule has 0 spiro atoms. The number of halogens is 1. The molecule has 5 rings (SSSR count). The Morgan fingerprint density at radius 1 is 1.09 bits per heavy atom. The van der Waals surface area contributed by atoms with Crippen molar-refractivity contribution < 1.29 is 9.53 Å². The Hall–Kier alpha value is -3.25. The van der Waals surface area contributed by atoms with Crippen LogP contribution in [-0.2, 0) is 6.42 Å². The minimum absolute atomic E-state index is 0.115.